The van der Waals surface area contributed by atoms with Gasteiger partial charge in [-0.15, -0.1) is 0 Å². The van der Waals surface area contributed by atoms with Crippen LogP contribution in [0.15, 0.2) is 54.6 Å². The summed E-state index contributed by atoms with van der Waals surface area (Å²) in [5.74, 6) is 0. The van der Waals surface area contributed by atoms with E-state index in [-0.39, 0.29) is 11.5 Å². The molecular formula is C20H22N2O4. The van der Waals surface area contributed by atoms with Crippen LogP contribution in [0.2, 0.25) is 0 Å². The van der Waals surface area contributed by atoms with Crippen molar-refractivity contribution in [3.8, 4) is 0 Å². The van der Waals surface area contributed by atoms with E-state index < -0.39 is 24.3 Å². The van der Waals surface area contributed by atoms with Gasteiger partial charge in [0.05, 0.1) is 0 Å². The van der Waals surface area contributed by atoms with Crippen LogP contribution < -0.4 is 5.32 Å². The third kappa shape index (κ3) is 4.15. The fourth-order valence-electron chi connectivity index (χ4n) is 3.33. The Labute approximate surface area is 152 Å². The van der Waals surface area contributed by atoms with E-state index >= 15 is 0 Å². The van der Waals surface area contributed by atoms with E-state index in [4.69, 9.17) is 4.74 Å². The summed E-state index contributed by atoms with van der Waals surface area (Å²) in [4.78, 5) is 22.8. The summed E-state index contributed by atoms with van der Waals surface area (Å²) in [5, 5.41) is 15.0. The van der Waals surface area contributed by atoms with Gasteiger partial charge in [0, 0.05) is 17.9 Å². The van der Waals surface area contributed by atoms with Crippen LogP contribution in [0.4, 0.5) is 0 Å². The molecule has 1 aliphatic heterocycles. The molecule has 0 saturated carbocycles. The van der Waals surface area contributed by atoms with Gasteiger partial charge < -0.3 is 14.8 Å². The normalized spacial score (nSPS) is 24.0. The molecule has 0 unspecified atom stereocenters. The molecule has 0 amide bonds. The smallest absolute Gasteiger partial charge is 0.235 e. The molecule has 1 heterocycles. The molecule has 2 aromatic rings. The van der Waals surface area contributed by atoms with Crippen molar-refractivity contribution in [2.24, 2.45) is 0 Å². The number of rotatable bonds is 6. The number of morpholine rings is 1. The molecule has 2 aromatic carbocycles. The standard InChI is InChI=1S/C20H22N2O4/c1-14-7-9-15(10-8-14)11-18(22(24)25)19-20(16-5-3-2-4-6-16)26-17(13-23)12-21-19/h2-10,13,17-21H,11-12H2,1H3/t17-,18+,19-,20+/m1/s1. The van der Waals surface area contributed by atoms with Gasteiger partial charge in [-0.3, -0.25) is 10.1 Å². The molecule has 0 bridgehead atoms. The molecule has 3 rings (SSSR count). The van der Waals surface area contributed by atoms with Gasteiger partial charge in [-0.25, -0.2) is 0 Å². The summed E-state index contributed by atoms with van der Waals surface area (Å²) in [5.41, 5.74) is 2.84. The van der Waals surface area contributed by atoms with Gasteiger partial charge in [-0.05, 0) is 18.1 Å². The molecule has 0 aliphatic carbocycles. The first kappa shape index (κ1) is 18.2. The van der Waals surface area contributed by atoms with E-state index in [9.17, 15) is 14.9 Å². The number of aryl methyl sites for hydroxylation is 1. The number of carbonyl (C=O) groups excluding carboxylic acids is 1. The van der Waals surface area contributed by atoms with E-state index in [0.29, 0.717) is 6.42 Å². The van der Waals surface area contributed by atoms with Gasteiger partial charge in [0.15, 0.2) is 0 Å². The monoisotopic (exact) mass is 354 g/mol. The quantitative estimate of drug-likeness (QED) is 0.490. The fourth-order valence-corrected chi connectivity index (χ4v) is 3.33. The summed E-state index contributed by atoms with van der Waals surface area (Å²) in [6, 6.07) is 15.7. The van der Waals surface area contributed by atoms with Gasteiger partial charge in [-0.1, -0.05) is 60.2 Å². The molecule has 6 heteroatoms. The largest absolute Gasteiger partial charge is 0.360 e. The number of hydrogen-bond donors (Lipinski definition) is 1. The van der Waals surface area contributed by atoms with Crippen LogP contribution in [0.1, 0.15) is 22.8 Å². The number of nitrogens with one attached hydrogen (secondary N) is 1. The summed E-state index contributed by atoms with van der Waals surface area (Å²) >= 11 is 0. The van der Waals surface area contributed by atoms with Gasteiger partial charge in [0.25, 0.3) is 0 Å². The predicted molar refractivity (Wildman–Crippen MR) is 97.6 cm³/mol. The molecule has 1 N–H and O–H groups in total. The lowest BCUT2D eigenvalue weighted by molar-refractivity contribution is -0.530. The first-order valence-corrected chi connectivity index (χ1v) is 8.66. The lowest BCUT2D eigenvalue weighted by Crippen LogP contribution is -2.56. The topological polar surface area (TPSA) is 81.5 Å². The van der Waals surface area contributed by atoms with Gasteiger partial charge in [0.1, 0.15) is 24.5 Å². The van der Waals surface area contributed by atoms with Crippen LogP contribution in [0.5, 0.6) is 0 Å². The number of benzene rings is 2. The first-order valence-electron chi connectivity index (χ1n) is 8.66. The van der Waals surface area contributed by atoms with Gasteiger partial charge in [0.2, 0.25) is 6.04 Å². The van der Waals surface area contributed by atoms with E-state index in [0.717, 1.165) is 23.0 Å². The van der Waals surface area contributed by atoms with E-state index in [1.807, 2.05) is 61.5 Å². The zero-order chi connectivity index (χ0) is 18.5. The molecule has 0 radical (unpaired) electrons. The zero-order valence-corrected chi connectivity index (χ0v) is 14.6. The third-order valence-electron chi connectivity index (χ3n) is 4.73. The molecule has 1 aliphatic rings. The highest BCUT2D eigenvalue weighted by Gasteiger charge is 2.42. The zero-order valence-electron chi connectivity index (χ0n) is 14.6. The van der Waals surface area contributed by atoms with Crippen molar-refractivity contribution in [1.82, 2.24) is 5.32 Å². The fraction of sp³-hybridized carbons (Fsp3) is 0.350. The van der Waals surface area contributed by atoms with E-state index in [1.54, 1.807) is 0 Å². The Morgan fingerprint density at radius 2 is 1.92 bits per heavy atom. The van der Waals surface area contributed by atoms with Crippen LogP contribution in [-0.2, 0) is 16.0 Å². The van der Waals surface area contributed by atoms with Crippen LogP contribution >= 0.6 is 0 Å². The highest BCUT2D eigenvalue weighted by Crippen LogP contribution is 2.29. The first-order chi connectivity index (χ1) is 12.6. The Hall–Kier alpha value is -2.57. The SMILES string of the molecule is Cc1ccc(C[C@@H]([C@H]2NC[C@H](C=O)O[C@H]2c2ccccc2)[N+](=O)[O-])cc1. The lowest BCUT2D eigenvalue weighted by Gasteiger charge is -2.37. The number of aldehydes is 1. The average molecular weight is 354 g/mol. The van der Waals surface area contributed by atoms with E-state index in [2.05, 4.69) is 5.32 Å². The number of hydrogen-bond acceptors (Lipinski definition) is 5. The summed E-state index contributed by atoms with van der Waals surface area (Å²) in [6.45, 7) is 2.26. The Morgan fingerprint density at radius 3 is 2.54 bits per heavy atom. The van der Waals surface area contributed by atoms with Gasteiger partial charge in [-0.2, -0.15) is 0 Å². The highest BCUT2D eigenvalue weighted by molar-refractivity contribution is 5.56. The second-order valence-corrected chi connectivity index (χ2v) is 6.62. The molecule has 6 nitrogen and oxygen atoms in total. The second-order valence-electron chi connectivity index (χ2n) is 6.62. The Balaban J connectivity index is 1.88. The van der Waals surface area contributed by atoms with Crippen molar-refractivity contribution in [3.63, 3.8) is 0 Å². The minimum atomic E-state index is -0.865. The lowest BCUT2D eigenvalue weighted by atomic mass is 9.90. The van der Waals surface area contributed by atoms with Crippen molar-refractivity contribution in [3.05, 3.63) is 81.4 Å². The maximum Gasteiger partial charge on any atom is 0.235 e. The number of ether oxygens (including phenoxy) is 1. The predicted octanol–water partition coefficient (Wildman–Crippen LogP) is 2.48. The van der Waals surface area contributed by atoms with Crippen molar-refractivity contribution in [2.75, 3.05) is 6.54 Å². The third-order valence-corrected chi connectivity index (χ3v) is 4.73. The van der Waals surface area contributed by atoms with Crippen LogP contribution in [0.3, 0.4) is 0 Å². The molecule has 26 heavy (non-hydrogen) atoms. The van der Waals surface area contributed by atoms with Crippen molar-refractivity contribution < 1.29 is 14.5 Å². The van der Waals surface area contributed by atoms with Crippen LogP contribution in [0.25, 0.3) is 0 Å². The Morgan fingerprint density at radius 1 is 1.23 bits per heavy atom. The maximum absolute atomic E-state index is 11.8. The average Bonchev–Trinajstić information content (AvgIpc) is 2.67. The number of nitrogens with zero attached hydrogens (tertiary/aromatic N) is 1. The van der Waals surface area contributed by atoms with Crippen LogP contribution in [0, 0.1) is 17.0 Å². The van der Waals surface area contributed by atoms with Crippen molar-refractivity contribution in [2.45, 2.75) is 37.6 Å². The Kier molecular flexibility index (Phi) is 5.75. The number of carbonyl (C=O) groups is 1. The highest BCUT2D eigenvalue weighted by atomic mass is 16.6. The Bertz CT molecular complexity index is 748. The maximum atomic E-state index is 11.8. The summed E-state index contributed by atoms with van der Waals surface area (Å²) < 4.78 is 5.89. The molecule has 1 saturated heterocycles. The summed E-state index contributed by atoms with van der Waals surface area (Å²) in [6.07, 6.45) is -0.131. The molecule has 1 fully saturated rings. The summed E-state index contributed by atoms with van der Waals surface area (Å²) in [7, 11) is 0. The molecule has 4 atom stereocenters. The number of nitro groups is 1. The second kappa shape index (κ2) is 8.21. The van der Waals surface area contributed by atoms with Gasteiger partial charge >= 0.3 is 0 Å². The molecule has 0 aromatic heterocycles. The van der Waals surface area contributed by atoms with E-state index in [1.165, 1.54) is 0 Å². The van der Waals surface area contributed by atoms with Crippen molar-refractivity contribution in [1.29, 1.82) is 0 Å². The molecule has 136 valence electrons. The molecule has 0 spiro atoms. The minimum Gasteiger partial charge on any atom is -0.360 e. The van der Waals surface area contributed by atoms with Crippen molar-refractivity contribution >= 4 is 6.29 Å². The molecular weight excluding hydrogens is 332 g/mol. The minimum absolute atomic E-state index is 0.252. The van der Waals surface area contributed by atoms with Crippen LogP contribution in [-0.4, -0.2) is 35.9 Å².